The molecule has 1 heteroatoms. The smallest absolute Gasteiger partial charge is 0.0654 e. The van der Waals surface area contributed by atoms with E-state index in [2.05, 4.69) is 74.6 Å². The zero-order valence-corrected chi connectivity index (χ0v) is 12.6. The summed E-state index contributed by atoms with van der Waals surface area (Å²) < 4.78 is 0. The Morgan fingerprint density at radius 1 is 0.833 bits per heavy atom. The first-order valence-electron chi connectivity index (χ1n) is 6.69. The van der Waals surface area contributed by atoms with Gasteiger partial charge in [-0.3, -0.25) is 0 Å². The van der Waals surface area contributed by atoms with Crippen molar-refractivity contribution < 1.29 is 0 Å². The Morgan fingerprint density at radius 3 is 2.06 bits per heavy atom. The molecule has 0 nitrogen and oxygen atoms in total. The van der Waals surface area contributed by atoms with Gasteiger partial charge in [-0.25, -0.2) is 0 Å². The summed E-state index contributed by atoms with van der Waals surface area (Å²) in [7, 11) is -1.28. The Hall–Kier alpha value is -1.34. The van der Waals surface area contributed by atoms with Gasteiger partial charge in [-0.15, -0.1) is 0 Å². The van der Waals surface area contributed by atoms with E-state index in [1.807, 2.05) is 0 Å². The number of rotatable bonds is 4. The largest absolute Gasteiger partial charge is 0.0809 e. The van der Waals surface area contributed by atoms with Crippen molar-refractivity contribution in [1.29, 1.82) is 0 Å². The van der Waals surface area contributed by atoms with Gasteiger partial charge in [0.05, 0.1) is 8.07 Å². The van der Waals surface area contributed by atoms with E-state index < -0.39 is 8.07 Å². The van der Waals surface area contributed by atoms with E-state index in [1.54, 1.807) is 5.19 Å². The quantitative estimate of drug-likeness (QED) is 0.719. The molecule has 0 aliphatic heterocycles. The summed E-state index contributed by atoms with van der Waals surface area (Å²) in [5, 5.41) is 1.57. The van der Waals surface area contributed by atoms with Crippen LogP contribution in [0.15, 0.2) is 54.6 Å². The molecule has 2 aromatic carbocycles. The fraction of sp³-hybridized carbons (Fsp3) is 0.294. The third-order valence-electron chi connectivity index (χ3n) is 3.71. The van der Waals surface area contributed by atoms with E-state index in [-0.39, 0.29) is 0 Å². The van der Waals surface area contributed by atoms with Gasteiger partial charge < -0.3 is 0 Å². The fourth-order valence-electron chi connectivity index (χ4n) is 2.25. The maximum atomic E-state index is 2.47. The van der Waals surface area contributed by atoms with E-state index in [0.29, 0.717) is 0 Å². The Labute approximate surface area is 112 Å². The van der Waals surface area contributed by atoms with Crippen molar-refractivity contribution in [2.24, 2.45) is 0 Å². The third kappa shape index (κ3) is 3.33. The van der Waals surface area contributed by atoms with Crippen molar-refractivity contribution in [3.8, 4) is 0 Å². The summed E-state index contributed by atoms with van der Waals surface area (Å²) in [6.45, 7) is 7.08. The van der Waals surface area contributed by atoms with Gasteiger partial charge >= 0.3 is 0 Å². The highest BCUT2D eigenvalue weighted by molar-refractivity contribution is 6.89. The van der Waals surface area contributed by atoms with Crippen LogP contribution < -0.4 is 5.19 Å². The summed E-state index contributed by atoms with van der Waals surface area (Å²) in [4.78, 5) is 0. The highest BCUT2D eigenvalue weighted by Crippen LogP contribution is 2.15. The minimum atomic E-state index is -1.28. The Bertz CT molecular complexity index is 483. The number of aryl methyl sites for hydroxylation is 2. The highest BCUT2D eigenvalue weighted by Gasteiger charge is 2.22. The first kappa shape index (κ1) is 13.1. The molecule has 0 saturated heterocycles. The highest BCUT2D eigenvalue weighted by atomic mass is 28.3. The first-order chi connectivity index (χ1) is 8.58. The molecule has 0 bridgehead atoms. The van der Waals surface area contributed by atoms with E-state index in [4.69, 9.17) is 0 Å². The van der Waals surface area contributed by atoms with E-state index in [9.17, 15) is 0 Å². The van der Waals surface area contributed by atoms with Crippen LogP contribution in [0.1, 0.15) is 11.1 Å². The molecule has 0 saturated carbocycles. The number of hydrogen-bond acceptors (Lipinski definition) is 0. The van der Waals surface area contributed by atoms with Crippen LogP contribution in [0, 0.1) is 6.92 Å². The molecule has 0 aliphatic rings. The van der Waals surface area contributed by atoms with Gasteiger partial charge in [0.2, 0.25) is 0 Å². The van der Waals surface area contributed by atoms with Gasteiger partial charge in [-0.2, -0.15) is 0 Å². The maximum absolute atomic E-state index is 2.47. The Morgan fingerprint density at radius 2 is 1.44 bits per heavy atom. The summed E-state index contributed by atoms with van der Waals surface area (Å²) in [6.07, 6.45) is 1.20. The topological polar surface area (TPSA) is 0 Å². The van der Waals surface area contributed by atoms with Crippen molar-refractivity contribution >= 4 is 13.3 Å². The molecule has 0 N–H and O–H groups in total. The standard InChI is InChI=1S/C17H22Si/c1-15-9-11-16(12-10-15)13-14-18(2,3)17-7-5-4-6-8-17/h4-12H,13-14H2,1-3H3. The van der Waals surface area contributed by atoms with Crippen LogP contribution in [0.3, 0.4) is 0 Å². The van der Waals surface area contributed by atoms with Crippen molar-refractivity contribution in [1.82, 2.24) is 0 Å². The van der Waals surface area contributed by atoms with Crippen molar-refractivity contribution in [3.63, 3.8) is 0 Å². The lowest BCUT2D eigenvalue weighted by Gasteiger charge is -2.23. The molecule has 2 rings (SSSR count). The first-order valence-corrected chi connectivity index (χ1v) is 9.90. The summed E-state index contributed by atoms with van der Waals surface area (Å²) >= 11 is 0. The normalized spacial score (nSPS) is 11.5. The van der Waals surface area contributed by atoms with Gasteiger partial charge in [0.1, 0.15) is 0 Å². The molecule has 94 valence electrons. The number of hydrogen-bond donors (Lipinski definition) is 0. The second-order valence-electron chi connectivity index (χ2n) is 5.74. The lowest BCUT2D eigenvalue weighted by molar-refractivity contribution is 1.10. The fourth-order valence-corrected chi connectivity index (χ4v) is 4.54. The van der Waals surface area contributed by atoms with Crippen LogP contribution in [0.25, 0.3) is 0 Å². The van der Waals surface area contributed by atoms with Crippen LogP contribution in [-0.2, 0) is 6.42 Å². The summed E-state index contributed by atoms with van der Waals surface area (Å²) in [6, 6.07) is 21.3. The van der Waals surface area contributed by atoms with Gasteiger partial charge in [0, 0.05) is 0 Å². The average molecular weight is 254 g/mol. The molecule has 0 aromatic heterocycles. The zero-order chi connectivity index (χ0) is 13.0. The monoisotopic (exact) mass is 254 g/mol. The molecule has 0 heterocycles. The van der Waals surface area contributed by atoms with Gasteiger partial charge in [0.15, 0.2) is 0 Å². The molecule has 0 fully saturated rings. The summed E-state index contributed by atoms with van der Waals surface area (Å²) in [5.74, 6) is 0. The lowest BCUT2D eigenvalue weighted by atomic mass is 10.1. The second kappa shape index (κ2) is 5.53. The Balaban J connectivity index is 2.03. The van der Waals surface area contributed by atoms with E-state index in [0.717, 1.165) is 0 Å². The zero-order valence-electron chi connectivity index (χ0n) is 11.6. The molecule has 0 aliphatic carbocycles. The minimum absolute atomic E-state index is 1.20. The van der Waals surface area contributed by atoms with E-state index >= 15 is 0 Å². The van der Waals surface area contributed by atoms with Crippen molar-refractivity contribution in [2.45, 2.75) is 32.5 Å². The second-order valence-corrected chi connectivity index (χ2v) is 10.6. The molecule has 0 spiro atoms. The van der Waals surface area contributed by atoms with Crippen molar-refractivity contribution in [2.75, 3.05) is 0 Å². The SMILES string of the molecule is Cc1ccc(CC[Si](C)(C)c2ccccc2)cc1. The van der Waals surface area contributed by atoms with Crippen LogP contribution >= 0.6 is 0 Å². The predicted octanol–water partition coefficient (Wildman–Crippen LogP) is 4.15. The van der Waals surface area contributed by atoms with Crippen molar-refractivity contribution in [3.05, 3.63) is 65.7 Å². The van der Waals surface area contributed by atoms with Crippen LogP contribution in [0.5, 0.6) is 0 Å². The Kier molecular flexibility index (Phi) is 4.03. The van der Waals surface area contributed by atoms with Gasteiger partial charge in [0.25, 0.3) is 0 Å². The molecule has 18 heavy (non-hydrogen) atoms. The average Bonchev–Trinajstić information content (AvgIpc) is 2.39. The van der Waals surface area contributed by atoms with Gasteiger partial charge in [-0.05, 0) is 25.0 Å². The molecule has 0 unspecified atom stereocenters. The molecule has 0 amide bonds. The van der Waals surface area contributed by atoms with Crippen LogP contribution in [-0.4, -0.2) is 8.07 Å². The molecule has 0 radical (unpaired) electrons. The molecule has 0 atom stereocenters. The maximum Gasteiger partial charge on any atom is 0.0809 e. The minimum Gasteiger partial charge on any atom is -0.0654 e. The third-order valence-corrected chi connectivity index (χ3v) is 7.11. The van der Waals surface area contributed by atoms with Gasteiger partial charge in [-0.1, -0.05) is 78.4 Å². The molecular formula is C17H22Si. The van der Waals surface area contributed by atoms with Crippen LogP contribution in [0.2, 0.25) is 19.1 Å². The van der Waals surface area contributed by atoms with E-state index in [1.165, 1.54) is 23.6 Å². The predicted molar refractivity (Wildman–Crippen MR) is 83.2 cm³/mol. The summed E-state index contributed by atoms with van der Waals surface area (Å²) in [5.41, 5.74) is 2.82. The number of benzene rings is 2. The van der Waals surface area contributed by atoms with Crippen LogP contribution in [0.4, 0.5) is 0 Å². The lowest BCUT2D eigenvalue weighted by Crippen LogP contribution is -2.41. The molecule has 2 aromatic rings. The molecular weight excluding hydrogens is 232 g/mol.